The van der Waals surface area contributed by atoms with Gasteiger partial charge in [0.25, 0.3) is 0 Å². The number of carbonyl (C=O) groups excluding carboxylic acids is 1. The number of rotatable bonds is 9. The number of hydrogen-bond acceptors (Lipinski definition) is 7. The molecule has 150 valence electrons. The first-order valence-electron chi connectivity index (χ1n) is 9.13. The van der Waals surface area contributed by atoms with Crippen molar-refractivity contribution < 1.29 is 9.53 Å². The Hall–Kier alpha value is -3.10. The van der Waals surface area contributed by atoms with Gasteiger partial charge in [-0.1, -0.05) is 48.2 Å². The van der Waals surface area contributed by atoms with E-state index in [1.54, 1.807) is 18.2 Å². The zero-order chi connectivity index (χ0) is 20.5. The maximum atomic E-state index is 11.0. The van der Waals surface area contributed by atoms with E-state index in [1.165, 1.54) is 17.3 Å². The van der Waals surface area contributed by atoms with Crippen molar-refractivity contribution in [3.63, 3.8) is 0 Å². The first-order chi connectivity index (χ1) is 14.1. The SMILES string of the molecule is CSc1ncc(CNCCc2ccccc2)c(Nc2cccc(OC(N)=O)c2)n1. The zero-order valence-corrected chi connectivity index (χ0v) is 16.9. The minimum Gasteiger partial charge on any atom is -0.410 e. The summed E-state index contributed by atoms with van der Waals surface area (Å²) in [5, 5.41) is 7.39. The van der Waals surface area contributed by atoms with Crippen LogP contribution in [0.1, 0.15) is 11.1 Å². The molecule has 0 atom stereocenters. The summed E-state index contributed by atoms with van der Waals surface area (Å²) < 4.78 is 4.94. The number of ether oxygens (including phenoxy) is 1. The van der Waals surface area contributed by atoms with Crippen LogP contribution in [0.2, 0.25) is 0 Å². The average molecular weight is 410 g/mol. The lowest BCUT2D eigenvalue weighted by Gasteiger charge is -2.13. The van der Waals surface area contributed by atoms with Crippen LogP contribution in [0.15, 0.2) is 66.0 Å². The van der Waals surface area contributed by atoms with Crippen molar-refractivity contribution in [3.05, 3.63) is 71.9 Å². The molecule has 0 aliphatic heterocycles. The summed E-state index contributed by atoms with van der Waals surface area (Å²) in [5.74, 6) is 1.07. The molecule has 7 nitrogen and oxygen atoms in total. The van der Waals surface area contributed by atoms with Crippen molar-refractivity contribution in [2.75, 3.05) is 18.1 Å². The Morgan fingerprint density at radius 1 is 1.17 bits per heavy atom. The highest BCUT2D eigenvalue weighted by Gasteiger charge is 2.09. The minimum absolute atomic E-state index is 0.365. The lowest BCUT2D eigenvalue weighted by molar-refractivity contribution is 0.211. The third-order valence-electron chi connectivity index (χ3n) is 4.09. The van der Waals surface area contributed by atoms with E-state index in [2.05, 4.69) is 32.7 Å². The quantitative estimate of drug-likeness (QED) is 0.281. The fourth-order valence-electron chi connectivity index (χ4n) is 2.72. The van der Waals surface area contributed by atoms with Crippen molar-refractivity contribution in [2.45, 2.75) is 18.1 Å². The van der Waals surface area contributed by atoms with Gasteiger partial charge < -0.3 is 21.1 Å². The summed E-state index contributed by atoms with van der Waals surface area (Å²) in [6.45, 7) is 1.47. The van der Waals surface area contributed by atoms with Gasteiger partial charge in [0.05, 0.1) is 0 Å². The Balaban J connectivity index is 1.68. The average Bonchev–Trinajstić information content (AvgIpc) is 2.72. The highest BCUT2D eigenvalue weighted by Crippen LogP contribution is 2.24. The van der Waals surface area contributed by atoms with Crippen LogP contribution >= 0.6 is 11.8 Å². The number of nitrogens with two attached hydrogens (primary N) is 1. The first kappa shape index (κ1) is 20.6. The zero-order valence-electron chi connectivity index (χ0n) is 16.1. The number of primary amides is 1. The Kier molecular flexibility index (Phi) is 7.43. The molecular formula is C21H23N5O2S. The van der Waals surface area contributed by atoms with Crippen LogP contribution in [0.25, 0.3) is 0 Å². The van der Waals surface area contributed by atoms with Crippen LogP contribution in [0, 0.1) is 0 Å². The number of nitrogens with one attached hydrogen (secondary N) is 2. The van der Waals surface area contributed by atoms with Crippen LogP contribution < -0.4 is 21.1 Å². The molecule has 4 N–H and O–H groups in total. The number of carbonyl (C=O) groups is 1. The van der Waals surface area contributed by atoms with Gasteiger partial charge in [0.2, 0.25) is 0 Å². The van der Waals surface area contributed by atoms with Gasteiger partial charge in [-0.15, -0.1) is 0 Å². The summed E-state index contributed by atoms with van der Waals surface area (Å²) in [5.41, 5.74) is 8.05. The predicted molar refractivity (Wildman–Crippen MR) is 116 cm³/mol. The molecule has 0 saturated carbocycles. The molecule has 0 fully saturated rings. The lowest BCUT2D eigenvalue weighted by Crippen LogP contribution is -2.18. The molecule has 1 aromatic heterocycles. The maximum absolute atomic E-state index is 11.0. The molecular weight excluding hydrogens is 386 g/mol. The third kappa shape index (κ3) is 6.48. The van der Waals surface area contributed by atoms with Gasteiger partial charge in [0.15, 0.2) is 5.16 Å². The van der Waals surface area contributed by atoms with E-state index < -0.39 is 6.09 Å². The second-order valence-electron chi connectivity index (χ2n) is 6.22. The van der Waals surface area contributed by atoms with Crippen molar-refractivity contribution in [2.24, 2.45) is 5.73 Å². The Morgan fingerprint density at radius 3 is 2.76 bits per heavy atom. The second kappa shape index (κ2) is 10.4. The van der Waals surface area contributed by atoms with E-state index in [1.807, 2.05) is 36.7 Å². The number of nitrogens with zero attached hydrogens (tertiary/aromatic N) is 2. The molecule has 0 saturated heterocycles. The van der Waals surface area contributed by atoms with E-state index in [4.69, 9.17) is 10.5 Å². The predicted octanol–water partition coefficient (Wildman–Crippen LogP) is 3.73. The number of benzene rings is 2. The van der Waals surface area contributed by atoms with Gasteiger partial charge in [-0.25, -0.2) is 14.8 Å². The van der Waals surface area contributed by atoms with Crippen LogP contribution in [-0.4, -0.2) is 28.9 Å². The molecule has 3 aromatic rings. The van der Waals surface area contributed by atoms with Crippen molar-refractivity contribution >= 4 is 29.4 Å². The van der Waals surface area contributed by atoms with Crippen molar-refractivity contribution in [3.8, 4) is 5.75 Å². The molecule has 0 spiro atoms. The summed E-state index contributed by atoms with van der Waals surface area (Å²) in [6, 6.07) is 17.3. The Bertz CT molecular complexity index is 953. The Labute approximate surface area is 174 Å². The fraction of sp³-hybridized carbons (Fsp3) is 0.190. The standard InChI is InChI=1S/C21H23N5O2S/c1-29-21-24-14-16(13-23-11-10-15-6-3-2-4-7-15)19(26-21)25-17-8-5-9-18(12-17)28-20(22)27/h2-9,12,14,23H,10-11,13H2,1H3,(H2,22,27)(H,24,25,26). The summed E-state index contributed by atoms with van der Waals surface area (Å²) in [7, 11) is 0. The monoisotopic (exact) mass is 409 g/mol. The van der Waals surface area contributed by atoms with Gasteiger partial charge >= 0.3 is 6.09 Å². The van der Waals surface area contributed by atoms with Gasteiger partial charge in [-0.3, -0.25) is 0 Å². The molecule has 0 unspecified atom stereocenters. The molecule has 0 aliphatic carbocycles. The summed E-state index contributed by atoms with van der Waals surface area (Å²) >= 11 is 1.47. The molecule has 0 bridgehead atoms. The number of thioether (sulfide) groups is 1. The van der Waals surface area contributed by atoms with Crippen LogP contribution in [0.5, 0.6) is 5.75 Å². The molecule has 29 heavy (non-hydrogen) atoms. The van der Waals surface area contributed by atoms with E-state index in [0.29, 0.717) is 23.3 Å². The van der Waals surface area contributed by atoms with E-state index in [0.717, 1.165) is 24.2 Å². The van der Waals surface area contributed by atoms with Crippen molar-refractivity contribution in [1.82, 2.24) is 15.3 Å². The second-order valence-corrected chi connectivity index (χ2v) is 6.99. The highest BCUT2D eigenvalue weighted by atomic mass is 32.2. The summed E-state index contributed by atoms with van der Waals surface area (Å²) in [6.07, 6.45) is 3.84. The maximum Gasteiger partial charge on any atom is 0.409 e. The van der Waals surface area contributed by atoms with Crippen molar-refractivity contribution in [1.29, 1.82) is 0 Å². The number of anilines is 2. The van der Waals surface area contributed by atoms with E-state index in [9.17, 15) is 4.79 Å². The van der Waals surface area contributed by atoms with E-state index in [-0.39, 0.29) is 0 Å². The molecule has 0 aliphatic rings. The number of hydrogen-bond donors (Lipinski definition) is 3. The molecule has 2 aromatic carbocycles. The third-order valence-corrected chi connectivity index (χ3v) is 4.65. The van der Waals surface area contributed by atoms with Gasteiger partial charge in [-0.05, 0) is 36.9 Å². The highest BCUT2D eigenvalue weighted by molar-refractivity contribution is 7.98. The van der Waals surface area contributed by atoms with Gasteiger partial charge in [0, 0.05) is 30.1 Å². The molecule has 8 heteroatoms. The first-order valence-corrected chi connectivity index (χ1v) is 10.4. The lowest BCUT2D eigenvalue weighted by atomic mass is 10.1. The van der Waals surface area contributed by atoms with E-state index >= 15 is 0 Å². The topological polar surface area (TPSA) is 102 Å². The Morgan fingerprint density at radius 2 is 2.00 bits per heavy atom. The van der Waals surface area contributed by atoms with Crippen LogP contribution in [0.3, 0.4) is 0 Å². The van der Waals surface area contributed by atoms with Gasteiger partial charge in [0.1, 0.15) is 11.6 Å². The van der Waals surface area contributed by atoms with Gasteiger partial charge in [-0.2, -0.15) is 0 Å². The smallest absolute Gasteiger partial charge is 0.409 e. The molecule has 0 radical (unpaired) electrons. The molecule has 3 rings (SSSR count). The van der Waals surface area contributed by atoms with Crippen LogP contribution in [-0.2, 0) is 13.0 Å². The summed E-state index contributed by atoms with van der Waals surface area (Å²) in [4.78, 5) is 19.9. The minimum atomic E-state index is -0.850. The normalized spacial score (nSPS) is 10.5. The number of aromatic nitrogens is 2. The molecule has 1 amide bonds. The van der Waals surface area contributed by atoms with Crippen LogP contribution in [0.4, 0.5) is 16.3 Å². The molecule has 1 heterocycles. The largest absolute Gasteiger partial charge is 0.410 e. The fourth-order valence-corrected chi connectivity index (χ4v) is 3.06. The number of amides is 1.